The third kappa shape index (κ3) is 20.9. The Bertz CT molecular complexity index is 333. The Kier molecular flexibility index (Phi) is 20.9. The van der Waals surface area contributed by atoms with Crippen molar-refractivity contribution in [1.82, 2.24) is 0 Å². The lowest BCUT2D eigenvalue weighted by Crippen LogP contribution is -2.09. The Balaban J connectivity index is 3.07. The molecule has 0 atom stereocenters. The van der Waals surface area contributed by atoms with Gasteiger partial charge >= 0.3 is 6.16 Å². The molecule has 0 aliphatic carbocycles. The van der Waals surface area contributed by atoms with E-state index in [0.29, 0.717) is 13.0 Å². The summed E-state index contributed by atoms with van der Waals surface area (Å²) in [6.45, 7) is 2.97. The van der Waals surface area contributed by atoms with E-state index in [1.165, 1.54) is 89.9 Å². The first-order chi connectivity index (χ1) is 12.8. The van der Waals surface area contributed by atoms with Crippen LogP contribution >= 0.6 is 0 Å². The molecule has 152 valence electrons. The summed E-state index contributed by atoms with van der Waals surface area (Å²) in [5.41, 5.74) is 0. The van der Waals surface area contributed by atoms with E-state index in [1.807, 2.05) is 0 Å². The van der Waals surface area contributed by atoms with Gasteiger partial charge in [0.05, 0.1) is 6.61 Å². The zero-order valence-corrected chi connectivity index (χ0v) is 17.2. The quantitative estimate of drug-likeness (QED) is 0.135. The van der Waals surface area contributed by atoms with Gasteiger partial charge < -0.3 is 9.47 Å². The molecule has 0 unspecified atom stereocenters. The molecule has 0 aliphatic heterocycles. The maximum absolute atomic E-state index is 11.2. The third-order valence-corrected chi connectivity index (χ3v) is 4.68. The predicted octanol–water partition coefficient (Wildman–Crippen LogP) is 7.42. The van der Waals surface area contributed by atoms with Crippen LogP contribution in [0, 0.1) is 12.3 Å². The largest absolute Gasteiger partial charge is 0.508 e. The molecule has 3 heteroatoms. The summed E-state index contributed by atoms with van der Waals surface area (Å²) in [6.07, 6.45) is 26.3. The van der Waals surface area contributed by atoms with Crippen molar-refractivity contribution < 1.29 is 14.3 Å². The third-order valence-electron chi connectivity index (χ3n) is 4.68. The van der Waals surface area contributed by atoms with E-state index in [0.717, 1.165) is 12.8 Å². The van der Waals surface area contributed by atoms with Crippen LogP contribution in [0.3, 0.4) is 0 Å². The van der Waals surface area contributed by atoms with Crippen molar-refractivity contribution in [2.24, 2.45) is 0 Å². The fraction of sp³-hybridized carbons (Fsp3) is 0.870. The van der Waals surface area contributed by atoms with Gasteiger partial charge in [0.15, 0.2) is 0 Å². The van der Waals surface area contributed by atoms with Crippen molar-refractivity contribution in [2.75, 3.05) is 13.2 Å². The first kappa shape index (κ1) is 24.8. The van der Waals surface area contributed by atoms with Crippen molar-refractivity contribution in [2.45, 2.75) is 116 Å². The van der Waals surface area contributed by atoms with E-state index in [-0.39, 0.29) is 6.61 Å². The van der Waals surface area contributed by atoms with Crippen LogP contribution in [0.15, 0.2) is 0 Å². The standard InChI is InChI=1S/C23H42O3/c1-3-5-7-8-9-10-11-12-13-14-15-16-17-18-19-20-22-26-23(24)25-21-6-4-2/h2H,3,5-22H2,1H3. The van der Waals surface area contributed by atoms with E-state index in [9.17, 15) is 4.79 Å². The number of terminal acetylenes is 1. The highest BCUT2D eigenvalue weighted by molar-refractivity contribution is 5.59. The minimum Gasteiger partial charge on any atom is -0.434 e. The Labute approximate surface area is 162 Å². The van der Waals surface area contributed by atoms with Gasteiger partial charge in [0.2, 0.25) is 0 Å². The lowest BCUT2D eigenvalue weighted by atomic mass is 10.0. The molecule has 0 radical (unpaired) electrons. The molecule has 26 heavy (non-hydrogen) atoms. The van der Waals surface area contributed by atoms with E-state index in [2.05, 4.69) is 12.8 Å². The second kappa shape index (κ2) is 21.9. The average molecular weight is 367 g/mol. The van der Waals surface area contributed by atoms with Gasteiger partial charge in [-0.15, -0.1) is 12.3 Å². The summed E-state index contributed by atoms with van der Waals surface area (Å²) in [5.74, 6) is 2.42. The van der Waals surface area contributed by atoms with Crippen LogP contribution in [0.25, 0.3) is 0 Å². The van der Waals surface area contributed by atoms with Gasteiger partial charge in [0.25, 0.3) is 0 Å². The van der Waals surface area contributed by atoms with E-state index < -0.39 is 6.16 Å². The van der Waals surface area contributed by atoms with Gasteiger partial charge in [-0.3, -0.25) is 0 Å². The smallest absolute Gasteiger partial charge is 0.434 e. The van der Waals surface area contributed by atoms with E-state index in [4.69, 9.17) is 15.9 Å². The molecule has 0 aliphatic rings. The highest BCUT2D eigenvalue weighted by Gasteiger charge is 2.02. The molecule has 0 bridgehead atoms. The zero-order chi connectivity index (χ0) is 19.1. The minimum absolute atomic E-state index is 0.244. The topological polar surface area (TPSA) is 35.5 Å². The lowest BCUT2D eigenvalue weighted by molar-refractivity contribution is 0.0556. The summed E-state index contributed by atoms with van der Waals surface area (Å²) in [5, 5.41) is 0. The minimum atomic E-state index is -0.596. The van der Waals surface area contributed by atoms with Crippen LogP contribution in [-0.4, -0.2) is 19.4 Å². The molecule has 0 saturated carbocycles. The van der Waals surface area contributed by atoms with Crippen molar-refractivity contribution in [1.29, 1.82) is 0 Å². The second-order valence-corrected chi connectivity index (χ2v) is 7.20. The molecule has 0 aromatic rings. The molecule has 0 rings (SSSR count). The number of hydrogen-bond acceptors (Lipinski definition) is 3. The Morgan fingerprint density at radius 2 is 1.04 bits per heavy atom. The summed E-state index contributed by atoms with van der Waals surface area (Å²) in [4.78, 5) is 11.2. The molecule has 0 fully saturated rings. The maximum Gasteiger partial charge on any atom is 0.508 e. The first-order valence-corrected chi connectivity index (χ1v) is 11.0. The predicted molar refractivity (Wildman–Crippen MR) is 110 cm³/mol. The van der Waals surface area contributed by atoms with Gasteiger partial charge in [0, 0.05) is 6.42 Å². The molecule has 0 saturated heterocycles. The highest BCUT2D eigenvalue weighted by atomic mass is 16.7. The Morgan fingerprint density at radius 3 is 1.46 bits per heavy atom. The number of carbonyl (C=O) groups excluding carboxylic acids is 1. The molecular formula is C23H42O3. The molecule has 0 aromatic carbocycles. The second-order valence-electron chi connectivity index (χ2n) is 7.20. The summed E-state index contributed by atoms with van der Waals surface area (Å²) in [7, 11) is 0. The SMILES string of the molecule is C#CCCOC(=O)OCCCCCCCCCCCCCCCCCC. The molecular weight excluding hydrogens is 324 g/mol. The highest BCUT2D eigenvalue weighted by Crippen LogP contribution is 2.13. The van der Waals surface area contributed by atoms with Crippen molar-refractivity contribution in [3.63, 3.8) is 0 Å². The Morgan fingerprint density at radius 1 is 0.654 bits per heavy atom. The summed E-state index contributed by atoms with van der Waals surface area (Å²) >= 11 is 0. The van der Waals surface area contributed by atoms with Gasteiger partial charge in [-0.2, -0.15) is 0 Å². The van der Waals surface area contributed by atoms with Crippen LogP contribution in [0.2, 0.25) is 0 Å². The van der Waals surface area contributed by atoms with Crippen LogP contribution in [0.5, 0.6) is 0 Å². The lowest BCUT2D eigenvalue weighted by Gasteiger charge is -2.05. The number of hydrogen-bond donors (Lipinski definition) is 0. The van der Waals surface area contributed by atoms with Crippen LogP contribution in [0.1, 0.15) is 116 Å². The molecule has 0 aromatic heterocycles. The van der Waals surface area contributed by atoms with Crippen molar-refractivity contribution in [3.05, 3.63) is 0 Å². The normalized spacial score (nSPS) is 10.5. The van der Waals surface area contributed by atoms with Crippen molar-refractivity contribution >= 4 is 6.16 Å². The molecule has 0 amide bonds. The summed E-state index contributed by atoms with van der Waals surface area (Å²) < 4.78 is 9.79. The molecule has 0 spiro atoms. The van der Waals surface area contributed by atoms with Gasteiger partial charge in [0.1, 0.15) is 6.61 Å². The number of ether oxygens (including phenoxy) is 2. The molecule has 0 N–H and O–H groups in total. The number of unbranched alkanes of at least 4 members (excludes halogenated alkanes) is 15. The molecule has 3 nitrogen and oxygen atoms in total. The fourth-order valence-electron chi connectivity index (χ4n) is 3.04. The summed E-state index contributed by atoms with van der Waals surface area (Å²) in [6, 6.07) is 0. The van der Waals surface area contributed by atoms with Gasteiger partial charge in [-0.25, -0.2) is 4.79 Å². The van der Waals surface area contributed by atoms with Gasteiger partial charge in [-0.1, -0.05) is 103 Å². The van der Waals surface area contributed by atoms with Crippen LogP contribution in [-0.2, 0) is 9.47 Å². The number of rotatable bonds is 19. The average Bonchev–Trinajstić information content (AvgIpc) is 2.64. The molecule has 0 heterocycles. The zero-order valence-electron chi connectivity index (χ0n) is 17.2. The van der Waals surface area contributed by atoms with E-state index >= 15 is 0 Å². The number of carbonyl (C=O) groups is 1. The van der Waals surface area contributed by atoms with E-state index in [1.54, 1.807) is 0 Å². The van der Waals surface area contributed by atoms with Gasteiger partial charge in [-0.05, 0) is 6.42 Å². The first-order valence-electron chi connectivity index (χ1n) is 11.0. The van der Waals surface area contributed by atoms with Crippen LogP contribution < -0.4 is 0 Å². The van der Waals surface area contributed by atoms with Crippen LogP contribution in [0.4, 0.5) is 4.79 Å². The maximum atomic E-state index is 11.2. The van der Waals surface area contributed by atoms with Crippen molar-refractivity contribution in [3.8, 4) is 12.3 Å². The monoisotopic (exact) mass is 366 g/mol. The fourth-order valence-corrected chi connectivity index (χ4v) is 3.04. The Hall–Kier alpha value is -1.17.